The summed E-state index contributed by atoms with van der Waals surface area (Å²) in [5.74, 6) is 0.597. The number of hydrogen-bond donors (Lipinski definition) is 2. The van der Waals surface area contributed by atoms with E-state index in [1.54, 1.807) is 0 Å². The minimum Gasteiger partial charge on any atom is -0.493 e. The van der Waals surface area contributed by atoms with Gasteiger partial charge >= 0.3 is 0 Å². The van der Waals surface area contributed by atoms with Crippen LogP contribution in [0.5, 0.6) is 5.75 Å². The maximum absolute atomic E-state index is 12.5. The predicted octanol–water partition coefficient (Wildman–Crippen LogP) is 2.97. The second kappa shape index (κ2) is 11.2. The molecule has 3 amide bonds. The number of para-hydroxylation sites is 1. The SMILES string of the molecule is CC(=O)Nc1cccc(CNC(=O)C2CCN(C(=O)CCOc3ccccc3)CC2)c1. The van der Waals surface area contributed by atoms with Crippen molar-refractivity contribution in [3.8, 4) is 5.75 Å². The molecule has 1 fully saturated rings. The molecule has 0 saturated carbocycles. The van der Waals surface area contributed by atoms with Crippen molar-refractivity contribution in [2.75, 3.05) is 25.0 Å². The number of benzene rings is 2. The summed E-state index contributed by atoms with van der Waals surface area (Å²) in [5.41, 5.74) is 1.63. The van der Waals surface area contributed by atoms with Gasteiger partial charge in [-0.2, -0.15) is 0 Å². The molecular formula is C24H29N3O4. The zero-order valence-corrected chi connectivity index (χ0v) is 17.8. The Hall–Kier alpha value is -3.35. The molecule has 1 aliphatic heterocycles. The largest absolute Gasteiger partial charge is 0.493 e. The number of anilines is 1. The van der Waals surface area contributed by atoms with E-state index < -0.39 is 0 Å². The van der Waals surface area contributed by atoms with Gasteiger partial charge in [-0.25, -0.2) is 0 Å². The Morgan fingerprint density at radius 1 is 1.03 bits per heavy atom. The fourth-order valence-corrected chi connectivity index (χ4v) is 3.62. The number of nitrogens with one attached hydrogen (secondary N) is 2. The topological polar surface area (TPSA) is 87.7 Å². The smallest absolute Gasteiger partial charge is 0.225 e. The van der Waals surface area contributed by atoms with Crippen LogP contribution in [0.3, 0.4) is 0 Å². The Labute approximate surface area is 182 Å². The third-order valence-electron chi connectivity index (χ3n) is 5.26. The van der Waals surface area contributed by atoms with Crippen molar-refractivity contribution >= 4 is 23.4 Å². The van der Waals surface area contributed by atoms with Crippen molar-refractivity contribution < 1.29 is 19.1 Å². The maximum Gasteiger partial charge on any atom is 0.225 e. The summed E-state index contributed by atoms with van der Waals surface area (Å²) in [6.07, 6.45) is 1.64. The highest BCUT2D eigenvalue weighted by Crippen LogP contribution is 2.19. The molecule has 0 spiro atoms. The van der Waals surface area contributed by atoms with Crippen LogP contribution in [0, 0.1) is 5.92 Å². The molecular weight excluding hydrogens is 394 g/mol. The molecule has 0 radical (unpaired) electrons. The van der Waals surface area contributed by atoms with Gasteiger partial charge in [0, 0.05) is 38.2 Å². The maximum atomic E-state index is 12.5. The number of rotatable bonds is 8. The lowest BCUT2D eigenvalue weighted by atomic mass is 9.95. The summed E-state index contributed by atoms with van der Waals surface area (Å²) in [7, 11) is 0. The van der Waals surface area contributed by atoms with E-state index in [1.165, 1.54) is 6.92 Å². The van der Waals surface area contributed by atoms with Crippen LogP contribution in [0.25, 0.3) is 0 Å². The number of likely N-dealkylation sites (tertiary alicyclic amines) is 1. The van der Waals surface area contributed by atoms with Crippen LogP contribution in [0.4, 0.5) is 5.69 Å². The quantitative estimate of drug-likeness (QED) is 0.683. The van der Waals surface area contributed by atoms with E-state index in [0.717, 1.165) is 11.3 Å². The van der Waals surface area contributed by atoms with Gasteiger partial charge in [-0.05, 0) is 42.7 Å². The molecule has 1 heterocycles. The molecule has 1 aliphatic rings. The number of amides is 3. The van der Waals surface area contributed by atoms with Gasteiger partial charge in [0.2, 0.25) is 17.7 Å². The lowest BCUT2D eigenvalue weighted by Gasteiger charge is -2.31. The normalized spacial score (nSPS) is 14.0. The molecule has 3 rings (SSSR count). The van der Waals surface area contributed by atoms with Crippen molar-refractivity contribution in [2.24, 2.45) is 5.92 Å². The molecule has 1 saturated heterocycles. The summed E-state index contributed by atoms with van der Waals surface area (Å²) in [5, 5.41) is 5.71. The fraction of sp³-hybridized carbons (Fsp3) is 0.375. The van der Waals surface area contributed by atoms with Gasteiger partial charge in [-0.15, -0.1) is 0 Å². The molecule has 2 N–H and O–H groups in total. The van der Waals surface area contributed by atoms with Crippen molar-refractivity contribution in [1.29, 1.82) is 0 Å². The number of hydrogen-bond acceptors (Lipinski definition) is 4. The first-order chi connectivity index (χ1) is 15.0. The van der Waals surface area contributed by atoms with Crippen molar-refractivity contribution in [3.05, 3.63) is 60.2 Å². The summed E-state index contributed by atoms with van der Waals surface area (Å²) in [4.78, 5) is 37.9. The van der Waals surface area contributed by atoms with Gasteiger partial charge < -0.3 is 20.3 Å². The van der Waals surface area contributed by atoms with Gasteiger partial charge in [0.15, 0.2) is 0 Å². The highest BCUT2D eigenvalue weighted by Gasteiger charge is 2.27. The number of carbonyl (C=O) groups is 3. The van der Waals surface area contributed by atoms with E-state index >= 15 is 0 Å². The minimum atomic E-state index is -0.130. The van der Waals surface area contributed by atoms with Crippen molar-refractivity contribution in [3.63, 3.8) is 0 Å². The Morgan fingerprint density at radius 3 is 2.48 bits per heavy atom. The monoisotopic (exact) mass is 423 g/mol. The Kier molecular flexibility index (Phi) is 8.04. The molecule has 164 valence electrons. The average molecular weight is 424 g/mol. The fourth-order valence-electron chi connectivity index (χ4n) is 3.62. The van der Waals surface area contributed by atoms with E-state index in [1.807, 2.05) is 59.5 Å². The van der Waals surface area contributed by atoms with Crippen LogP contribution < -0.4 is 15.4 Å². The van der Waals surface area contributed by atoms with Crippen LogP contribution >= 0.6 is 0 Å². The molecule has 0 unspecified atom stereocenters. The summed E-state index contributed by atoms with van der Waals surface area (Å²) >= 11 is 0. The molecule has 7 nitrogen and oxygen atoms in total. The average Bonchev–Trinajstić information content (AvgIpc) is 2.78. The molecule has 0 bridgehead atoms. The van der Waals surface area contributed by atoms with E-state index in [0.29, 0.717) is 51.2 Å². The Balaban J connectivity index is 1.37. The zero-order chi connectivity index (χ0) is 22.1. The predicted molar refractivity (Wildman–Crippen MR) is 118 cm³/mol. The summed E-state index contributed by atoms with van der Waals surface area (Å²) in [6, 6.07) is 16.9. The van der Waals surface area contributed by atoms with Crippen molar-refractivity contribution in [2.45, 2.75) is 32.7 Å². The summed E-state index contributed by atoms with van der Waals surface area (Å²) in [6.45, 7) is 3.38. The Bertz CT molecular complexity index is 893. The van der Waals surface area contributed by atoms with Crippen LogP contribution in [0.2, 0.25) is 0 Å². The first-order valence-corrected chi connectivity index (χ1v) is 10.6. The standard InChI is InChI=1S/C24H29N3O4/c1-18(28)26-21-7-5-6-19(16-21)17-25-24(30)20-10-13-27(14-11-20)23(29)12-15-31-22-8-3-2-4-9-22/h2-9,16,20H,10-15,17H2,1H3,(H,25,30)(H,26,28). The van der Waals surface area contributed by atoms with E-state index in [9.17, 15) is 14.4 Å². The van der Waals surface area contributed by atoms with E-state index in [-0.39, 0.29) is 23.6 Å². The van der Waals surface area contributed by atoms with E-state index in [4.69, 9.17) is 4.74 Å². The van der Waals surface area contributed by atoms with Crippen LogP contribution in [0.15, 0.2) is 54.6 Å². The highest BCUT2D eigenvalue weighted by molar-refractivity contribution is 5.88. The molecule has 2 aromatic carbocycles. The van der Waals surface area contributed by atoms with Crippen LogP contribution in [-0.2, 0) is 20.9 Å². The molecule has 2 aromatic rings. The molecule has 7 heteroatoms. The van der Waals surface area contributed by atoms with Gasteiger partial charge in [0.25, 0.3) is 0 Å². The highest BCUT2D eigenvalue weighted by atomic mass is 16.5. The van der Waals surface area contributed by atoms with E-state index in [2.05, 4.69) is 10.6 Å². The number of ether oxygens (including phenoxy) is 1. The van der Waals surface area contributed by atoms with Gasteiger partial charge in [-0.3, -0.25) is 14.4 Å². The minimum absolute atomic E-state index is 0.00411. The van der Waals surface area contributed by atoms with Crippen LogP contribution in [0.1, 0.15) is 31.7 Å². The zero-order valence-electron chi connectivity index (χ0n) is 17.8. The number of carbonyl (C=O) groups excluding carboxylic acids is 3. The lowest BCUT2D eigenvalue weighted by Crippen LogP contribution is -2.43. The summed E-state index contributed by atoms with van der Waals surface area (Å²) < 4.78 is 5.60. The van der Waals surface area contributed by atoms with Crippen LogP contribution in [-0.4, -0.2) is 42.3 Å². The first kappa shape index (κ1) is 22.3. The molecule has 0 atom stereocenters. The lowest BCUT2D eigenvalue weighted by molar-refractivity contribution is -0.136. The number of piperidine rings is 1. The van der Waals surface area contributed by atoms with Crippen molar-refractivity contribution in [1.82, 2.24) is 10.2 Å². The number of nitrogens with zero attached hydrogens (tertiary/aromatic N) is 1. The van der Waals surface area contributed by atoms with Gasteiger partial charge in [-0.1, -0.05) is 30.3 Å². The van der Waals surface area contributed by atoms with Gasteiger partial charge in [0.1, 0.15) is 5.75 Å². The van der Waals surface area contributed by atoms with Gasteiger partial charge in [0.05, 0.1) is 13.0 Å². The second-order valence-corrected chi connectivity index (χ2v) is 7.67. The molecule has 0 aliphatic carbocycles. The second-order valence-electron chi connectivity index (χ2n) is 7.67. The third kappa shape index (κ3) is 7.13. The Morgan fingerprint density at radius 2 is 1.77 bits per heavy atom. The molecule has 0 aromatic heterocycles. The third-order valence-corrected chi connectivity index (χ3v) is 5.26. The molecule has 31 heavy (non-hydrogen) atoms. The first-order valence-electron chi connectivity index (χ1n) is 10.6.